The smallest absolute Gasteiger partial charge is 0.232 e. The molecule has 7 heteroatoms. The average molecular weight is 207 g/mol. The maximum Gasteiger partial charge on any atom is 0.232 e. The summed E-state index contributed by atoms with van der Waals surface area (Å²) >= 11 is 1.56. The quantitative estimate of drug-likeness (QED) is 0.440. The molecule has 0 spiro atoms. The van der Waals surface area contributed by atoms with Crippen molar-refractivity contribution in [2.75, 3.05) is 0 Å². The lowest BCUT2D eigenvalue weighted by Crippen LogP contribution is -1.79. The van der Waals surface area contributed by atoms with Gasteiger partial charge < -0.3 is 4.52 Å². The first-order chi connectivity index (χ1) is 6.90. The molecule has 2 heterocycles. The summed E-state index contributed by atoms with van der Waals surface area (Å²) in [5.41, 5.74) is 9.00. The highest BCUT2D eigenvalue weighted by Gasteiger charge is 2.07. The predicted octanol–water partition coefficient (Wildman–Crippen LogP) is 2.61. The predicted molar refractivity (Wildman–Crippen MR) is 50.5 cm³/mol. The second-order valence-electron chi connectivity index (χ2n) is 2.41. The number of hydrogen-bond acceptors (Lipinski definition) is 5. The molecule has 0 atom stereocenters. The van der Waals surface area contributed by atoms with Gasteiger partial charge in [0.25, 0.3) is 0 Å². The molecule has 0 aromatic carbocycles. The molecule has 2 rings (SSSR count). The van der Waals surface area contributed by atoms with E-state index in [4.69, 9.17) is 10.1 Å². The van der Waals surface area contributed by atoms with Crippen LogP contribution in [0.1, 0.15) is 5.89 Å². The third-order valence-corrected chi connectivity index (χ3v) is 2.20. The zero-order chi connectivity index (χ0) is 9.80. The lowest BCUT2D eigenvalue weighted by molar-refractivity contribution is 0.380. The van der Waals surface area contributed by atoms with Crippen molar-refractivity contribution in [2.24, 2.45) is 5.11 Å². The summed E-state index contributed by atoms with van der Waals surface area (Å²) in [6.07, 6.45) is 0. The molecular weight excluding hydrogens is 202 g/mol. The van der Waals surface area contributed by atoms with Crippen molar-refractivity contribution < 1.29 is 4.52 Å². The van der Waals surface area contributed by atoms with Crippen LogP contribution in [0.5, 0.6) is 0 Å². The molecule has 0 fully saturated rings. The maximum absolute atomic E-state index is 8.09. The second-order valence-corrected chi connectivity index (χ2v) is 3.19. The Morgan fingerprint density at radius 2 is 2.57 bits per heavy atom. The van der Waals surface area contributed by atoms with E-state index < -0.39 is 0 Å². The Bertz CT molecular complexity index is 456. The molecule has 70 valence electrons. The number of nitrogens with zero attached hydrogens (tertiary/aromatic N) is 5. The van der Waals surface area contributed by atoms with E-state index in [1.807, 2.05) is 16.8 Å². The zero-order valence-corrected chi connectivity index (χ0v) is 7.81. The minimum absolute atomic E-state index is 0.0909. The fraction of sp³-hybridized carbons (Fsp3) is 0.143. The lowest BCUT2D eigenvalue weighted by atomic mass is 10.3. The lowest BCUT2D eigenvalue weighted by Gasteiger charge is -1.82. The minimum atomic E-state index is 0.0909. The third-order valence-electron chi connectivity index (χ3n) is 1.52. The Labute approximate surface area is 82.8 Å². The Morgan fingerprint density at radius 1 is 1.64 bits per heavy atom. The topological polar surface area (TPSA) is 87.7 Å². The van der Waals surface area contributed by atoms with Gasteiger partial charge in [0.1, 0.15) is 6.54 Å². The largest absolute Gasteiger partial charge is 0.339 e. The van der Waals surface area contributed by atoms with Crippen LogP contribution in [0.3, 0.4) is 0 Å². The number of hydrogen-bond donors (Lipinski definition) is 0. The number of azide groups is 1. The van der Waals surface area contributed by atoms with Crippen LogP contribution >= 0.6 is 11.3 Å². The summed E-state index contributed by atoms with van der Waals surface area (Å²) in [5, 5.41) is 10.9. The molecule has 0 bridgehead atoms. The molecule has 0 aliphatic carbocycles. The van der Waals surface area contributed by atoms with E-state index >= 15 is 0 Å². The highest BCUT2D eigenvalue weighted by molar-refractivity contribution is 7.08. The molecule has 6 nitrogen and oxygen atoms in total. The van der Waals surface area contributed by atoms with E-state index in [1.54, 1.807) is 11.3 Å². The Balaban J connectivity index is 2.22. The van der Waals surface area contributed by atoms with Crippen molar-refractivity contribution in [1.29, 1.82) is 0 Å². The first-order valence-electron chi connectivity index (χ1n) is 3.76. The number of aromatic nitrogens is 2. The molecule has 0 unspecified atom stereocenters. The van der Waals surface area contributed by atoms with E-state index in [2.05, 4.69) is 20.2 Å². The molecule has 2 aromatic heterocycles. The van der Waals surface area contributed by atoms with E-state index in [0.29, 0.717) is 11.7 Å². The van der Waals surface area contributed by atoms with Gasteiger partial charge in [0.15, 0.2) is 0 Å². The van der Waals surface area contributed by atoms with Gasteiger partial charge in [-0.2, -0.15) is 16.3 Å². The van der Waals surface area contributed by atoms with Crippen LogP contribution in [0, 0.1) is 0 Å². The van der Waals surface area contributed by atoms with E-state index in [1.165, 1.54) is 0 Å². The van der Waals surface area contributed by atoms with Gasteiger partial charge >= 0.3 is 0 Å². The summed E-state index contributed by atoms with van der Waals surface area (Å²) in [7, 11) is 0. The van der Waals surface area contributed by atoms with Gasteiger partial charge in [0.05, 0.1) is 0 Å². The summed E-state index contributed by atoms with van der Waals surface area (Å²) in [5.74, 6) is 0.846. The molecule has 0 N–H and O–H groups in total. The van der Waals surface area contributed by atoms with Crippen LogP contribution in [0.4, 0.5) is 0 Å². The number of thiophene rings is 1. The Morgan fingerprint density at radius 3 is 3.29 bits per heavy atom. The van der Waals surface area contributed by atoms with Crippen molar-refractivity contribution in [3.8, 4) is 11.4 Å². The normalized spacial score (nSPS) is 9.71. The molecule has 0 saturated carbocycles. The van der Waals surface area contributed by atoms with E-state index in [-0.39, 0.29) is 6.54 Å². The van der Waals surface area contributed by atoms with Crippen LogP contribution in [0.15, 0.2) is 26.5 Å². The molecule has 14 heavy (non-hydrogen) atoms. The van der Waals surface area contributed by atoms with E-state index in [9.17, 15) is 0 Å². The maximum atomic E-state index is 8.09. The summed E-state index contributed by atoms with van der Waals surface area (Å²) in [4.78, 5) is 6.66. The van der Waals surface area contributed by atoms with Gasteiger partial charge in [0.2, 0.25) is 11.7 Å². The van der Waals surface area contributed by atoms with Gasteiger partial charge in [-0.1, -0.05) is 10.3 Å². The first kappa shape index (κ1) is 8.74. The SMILES string of the molecule is [N-]=[N+]=NCc1nc(-c2ccsc2)no1. The van der Waals surface area contributed by atoms with Crippen molar-refractivity contribution >= 4 is 11.3 Å². The van der Waals surface area contributed by atoms with Gasteiger partial charge in [-0.05, 0) is 17.0 Å². The van der Waals surface area contributed by atoms with Crippen LogP contribution < -0.4 is 0 Å². The molecule has 0 amide bonds. The average Bonchev–Trinajstić information content (AvgIpc) is 2.85. The second kappa shape index (κ2) is 3.91. The van der Waals surface area contributed by atoms with E-state index in [0.717, 1.165) is 5.56 Å². The van der Waals surface area contributed by atoms with Crippen LogP contribution in [-0.2, 0) is 6.54 Å². The fourth-order valence-electron chi connectivity index (χ4n) is 0.920. The standard InChI is InChI=1S/C7H5N5OS/c8-12-9-3-6-10-7(11-13-6)5-1-2-14-4-5/h1-2,4H,3H2. The monoisotopic (exact) mass is 207 g/mol. The van der Waals surface area contributed by atoms with Gasteiger partial charge in [0, 0.05) is 15.9 Å². The number of rotatable bonds is 3. The summed E-state index contributed by atoms with van der Waals surface area (Å²) in [6, 6.07) is 1.90. The molecule has 0 aliphatic heterocycles. The molecule has 0 aliphatic rings. The minimum Gasteiger partial charge on any atom is -0.339 e. The van der Waals surface area contributed by atoms with Crippen molar-refractivity contribution in [3.05, 3.63) is 33.2 Å². The van der Waals surface area contributed by atoms with Gasteiger partial charge in [-0.15, -0.1) is 0 Å². The van der Waals surface area contributed by atoms with Crippen molar-refractivity contribution in [2.45, 2.75) is 6.54 Å². The van der Waals surface area contributed by atoms with Gasteiger partial charge in [-0.25, -0.2) is 0 Å². The fourth-order valence-corrected chi connectivity index (χ4v) is 1.55. The molecule has 2 aromatic rings. The van der Waals surface area contributed by atoms with Crippen LogP contribution in [0.2, 0.25) is 0 Å². The van der Waals surface area contributed by atoms with Crippen molar-refractivity contribution in [1.82, 2.24) is 10.1 Å². The van der Waals surface area contributed by atoms with Crippen LogP contribution in [0.25, 0.3) is 21.8 Å². The Kier molecular flexibility index (Phi) is 2.44. The van der Waals surface area contributed by atoms with Gasteiger partial charge in [-0.3, -0.25) is 0 Å². The molecular formula is C7H5N5OS. The van der Waals surface area contributed by atoms with Crippen LogP contribution in [-0.4, -0.2) is 10.1 Å². The zero-order valence-electron chi connectivity index (χ0n) is 6.99. The summed E-state index contributed by atoms with van der Waals surface area (Å²) < 4.78 is 4.87. The van der Waals surface area contributed by atoms with Crippen molar-refractivity contribution in [3.63, 3.8) is 0 Å². The molecule has 0 saturated heterocycles. The first-order valence-corrected chi connectivity index (χ1v) is 4.70. The summed E-state index contributed by atoms with van der Waals surface area (Å²) in [6.45, 7) is 0.0909. The molecule has 0 radical (unpaired) electrons. The highest BCUT2D eigenvalue weighted by Crippen LogP contribution is 2.18. The highest BCUT2D eigenvalue weighted by atomic mass is 32.1. The Hall–Kier alpha value is -1.85. The third kappa shape index (κ3) is 1.73.